The number of piperidine rings is 1. The van der Waals surface area contributed by atoms with Crippen molar-refractivity contribution in [3.05, 3.63) is 0 Å². The van der Waals surface area contributed by atoms with Gasteiger partial charge in [-0.2, -0.15) is 0 Å². The first-order chi connectivity index (χ1) is 9.70. The summed E-state index contributed by atoms with van der Waals surface area (Å²) in [4.78, 5) is 36.0. The van der Waals surface area contributed by atoms with E-state index in [4.69, 9.17) is 5.11 Å². The van der Waals surface area contributed by atoms with Crippen molar-refractivity contribution in [3.63, 3.8) is 0 Å². The maximum Gasteiger partial charge on any atom is 0.313 e. The molecule has 120 valence electrons. The molecule has 1 saturated heterocycles. The highest BCUT2D eigenvalue weighted by atomic mass is 32.2. The van der Waals surface area contributed by atoms with E-state index in [9.17, 15) is 14.4 Å². The topological polar surface area (TPSA) is 86.7 Å². The molecule has 0 unspecified atom stereocenters. The van der Waals surface area contributed by atoms with Gasteiger partial charge in [0.2, 0.25) is 11.8 Å². The maximum atomic E-state index is 12.1. The normalized spacial score (nSPS) is 16.6. The Kier molecular flexibility index (Phi) is 6.51. The van der Waals surface area contributed by atoms with E-state index in [1.54, 1.807) is 0 Å². The van der Waals surface area contributed by atoms with E-state index in [2.05, 4.69) is 5.32 Å². The van der Waals surface area contributed by atoms with Gasteiger partial charge in [-0.05, 0) is 12.8 Å². The van der Waals surface area contributed by atoms with Gasteiger partial charge in [0.25, 0.3) is 0 Å². The van der Waals surface area contributed by atoms with Gasteiger partial charge in [0.05, 0.1) is 11.5 Å². The van der Waals surface area contributed by atoms with Crippen LogP contribution >= 0.6 is 11.8 Å². The molecular weight excluding hydrogens is 292 g/mol. The zero-order valence-corrected chi connectivity index (χ0v) is 13.7. The first-order valence-electron chi connectivity index (χ1n) is 7.08. The van der Waals surface area contributed by atoms with Crippen LogP contribution in [0.3, 0.4) is 0 Å². The van der Waals surface area contributed by atoms with Crippen molar-refractivity contribution in [2.75, 3.05) is 24.6 Å². The Hall–Kier alpha value is -1.24. The van der Waals surface area contributed by atoms with Gasteiger partial charge in [0.15, 0.2) is 0 Å². The number of carboxylic acid groups (broad SMARTS) is 1. The van der Waals surface area contributed by atoms with E-state index >= 15 is 0 Å². The third kappa shape index (κ3) is 6.37. The molecule has 6 nitrogen and oxygen atoms in total. The molecule has 0 radical (unpaired) electrons. The van der Waals surface area contributed by atoms with Gasteiger partial charge < -0.3 is 15.3 Å². The predicted molar refractivity (Wildman–Crippen MR) is 82.2 cm³/mol. The SMILES string of the molecule is CC(C)(C)C(=O)N1CCC(NC(=O)CSCC(=O)O)CC1. The number of aliphatic carboxylic acids is 1. The Balaban J connectivity index is 2.29. The Morgan fingerprint density at radius 1 is 1.19 bits per heavy atom. The minimum absolute atomic E-state index is 0.0635. The fraction of sp³-hybridized carbons (Fsp3) is 0.786. The van der Waals surface area contributed by atoms with Crippen molar-refractivity contribution in [2.45, 2.75) is 39.7 Å². The molecule has 1 aliphatic rings. The summed E-state index contributed by atoms with van der Waals surface area (Å²) in [5, 5.41) is 11.4. The molecule has 1 rings (SSSR count). The second-order valence-electron chi connectivity index (χ2n) is 6.27. The average molecular weight is 316 g/mol. The predicted octanol–water partition coefficient (Wildman–Crippen LogP) is 0.957. The lowest BCUT2D eigenvalue weighted by Gasteiger charge is -2.36. The molecule has 0 saturated carbocycles. The van der Waals surface area contributed by atoms with Gasteiger partial charge in [-0.15, -0.1) is 11.8 Å². The fourth-order valence-electron chi connectivity index (χ4n) is 2.20. The van der Waals surface area contributed by atoms with Gasteiger partial charge in [-0.1, -0.05) is 20.8 Å². The smallest absolute Gasteiger partial charge is 0.313 e. The van der Waals surface area contributed by atoms with E-state index < -0.39 is 5.97 Å². The minimum atomic E-state index is -0.915. The Labute approximate surface area is 129 Å². The molecule has 2 amide bonds. The first-order valence-corrected chi connectivity index (χ1v) is 8.24. The monoisotopic (exact) mass is 316 g/mol. The molecule has 1 heterocycles. The lowest BCUT2D eigenvalue weighted by atomic mass is 9.93. The molecule has 0 aliphatic carbocycles. The van der Waals surface area contributed by atoms with Crippen molar-refractivity contribution in [3.8, 4) is 0 Å². The van der Waals surface area contributed by atoms with Crippen LogP contribution in [0.25, 0.3) is 0 Å². The van der Waals surface area contributed by atoms with Crippen LogP contribution in [-0.2, 0) is 14.4 Å². The van der Waals surface area contributed by atoms with Crippen LogP contribution in [0.5, 0.6) is 0 Å². The number of nitrogens with one attached hydrogen (secondary N) is 1. The van der Waals surface area contributed by atoms with Crippen LogP contribution in [-0.4, -0.2) is 58.4 Å². The van der Waals surface area contributed by atoms with E-state index in [-0.39, 0.29) is 34.8 Å². The summed E-state index contributed by atoms with van der Waals surface area (Å²) >= 11 is 1.09. The van der Waals surface area contributed by atoms with E-state index in [1.807, 2.05) is 25.7 Å². The van der Waals surface area contributed by atoms with Crippen molar-refractivity contribution < 1.29 is 19.5 Å². The van der Waals surface area contributed by atoms with Gasteiger partial charge in [-0.3, -0.25) is 14.4 Å². The number of thioether (sulfide) groups is 1. The maximum absolute atomic E-state index is 12.1. The van der Waals surface area contributed by atoms with Gasteiger partial charge in [0, 0.05) is 24.5 Å². The van der Waals surface area contributed by atoms with Crippen LogP contribution < -0.4 is 5.32 Å². The summed E-state index contributed by atoms with van der Waals surface area (Å²) in [5.74, 6) is -0.813. The lowest BCUT2D eigenvalue weighted by Crippen LogP contribution is -2.49. The molecule has 0 aromatic carbocycles. The first kappa shape index (κ1) is 17.8. The minimum Gasteiger partial charge on any atom is -0.481 e. The summed E-state index contributed by atoms with van der Waals surface area (Å²) in [6.45, 7) is 7.03. The molecule has 1 fully saturated rings. The van der Waals surface area contributed by atoms with Crippen LogP contribution in [0.1, 0.15) is 33.6 Å². The number of hydrogen-bond donors (Lipinski definition) is 2. The number of carbonyl (C=O) groups excluding carboxylic acids is 2. The highest BCUT2D eigenvalue weighted by Gasteiger charge is 2.30. The molecule has 2 N–H and O–H groups in total. The number of hydrogen-bond acceptors (Lipinski definition) is 4. The van der Waals surface area contributed by atoms with Crippen molar-refractivity contribution in [1.29, 1.82) is 0 Å². The summed E-state index contributed by atoms with van der Waals surface area (Å²) in [6, 6.07) is 0.0759. The fourth-order valence-corrected chi connectivity index (χ4v) is 2.75. The van der Waals surface area contributed by atoms with Crippen LogP contribution in [0.2, 0.25) is 0 Å². The second kappa shape index (κ2) is 7.68. The molecule has 21 heavy (non-hydrogen) atoms. The number of carboxylic acids is 1. The zero-order valence-electron chi connectivity index (χ0n) is 12.8. The van der Waals surface area contributed by atoms with E-state index in [1.165, 1.54) is 0 Å². The molecule has 1 aliphatic heterocycles. The quantitative estimate of drug-likeness (QED) is 0.789. The largest absolute Gasteiger partial charge is 0.481 e. The number of carbonyl (C=O) groups is 3. The van der Waals surface area contributed by atoms with Gasteiger partial charge in [-0.25, -0.2) is 0 Å². The number of amides is 2. The molecule has 0 atom stereocenters. The molecule has 0 bridgehead atoms. The third-order valence-corrected chi connectivity index (χ3v) is 4.16. The van der Waals surface area contributed by atoms with Crippen molar-refractivity contribution >= 4 is 29.5 Å². The van der Waals surface area contributed by atoms with Gasteiger partial charge >= 0.3 is 5.97 Å². The molecule has 0 aromatic heterocycles. The average Bonchev–Trinajstić information content (AvgIpc) is 2.37. The Bertz CT molecular complexity index is 398. The molecular formula is C14H24N2O4S. The van der Waals surface area contributed by atoms with Crippen molar-refractivity contribution in [2.24, 2.45) is 5.41 Å². The summed E-state index contributed by atoms with van der Waals surface area (Å²) in [6.07, 6.45) is 1.49. The summed E-state index contributed by atoms with van der Waals surface area (Å²) in [7, 11) is 0. The van der Waals surface area contributed by atoms with Crippen LogP contribution in [0.15, 0.2) is 0 Å². The van der Waals surface area contributed by atoms with Crippen molar-refractivity contribution in [1.82, 2.24) is 10.2 Å². The number of likely N-dealkylation sites (tertiary alicyclic amines) is 1. The van der Waals surface area contributed by atoms with E-state index in [0.717, 1.165) is 24.6 Å². The second-order valence-corrected chi connectivity index (χ2v) is 7.26. The number of nitrogens with zero attached hydrogens (tertiary/aromatic N) is 1. The third-order valence-electron chi connectivity index (χ3n) is 3.25. The molecule has 0 spiro atoms. The highest BCUT2D eigenvalue weighted by molar-refractivity contribution is 8.00. The highest BCUT2D eigenvalue weighted by Crippen LogP contribution is 2.21. The lowest BCUT2D eigenvalue weighted by molar-refractivity contribution is -0.140. The van der Waals surface area contributed by atoms with Crippen LogP contribution in [0.4, 0.5) is 0 Å². The Morgan fingerprint density at radius 2 is 1.76 bits per heavy atom. The standard InChI is InChI=1S/C14H24N2O4S/c1-14(2,3)13(20)16-6-4-10(5-7-16)15-11(17)8-21-9-12(18)19/h10H,4-9H2,1-3H3,(H,15,17)(H,18,19). The number of rotatable bonds is 5. The summed E-state index contributed by atoms with van der Waals surface area (Å²) in [5.41, 5.74) is -0.371. The van der Waals surface area contributed by atoms with Gasteiger partial charge in [0.1, 0.15) is 0 Å². The van der Waals surface area contributed by atoms with Crippen LogP contribution in [0, 0.1) is 5.41 Å². The molecule has 7 heteroatoms. The molecule has 0 aromatic rings. The van der Waals surface area contributed by atoms with E-state index in [0.29, 0.717) is 13.1 Å². The Morgan fingerprint density at radius 3 is 2.24 bits per heavy atom. The zero-order chi connectivity index (χ0) is 16.0. The summed E-state index contributed by atoms with van der Waals surface area (Å²) < 4.78 is 0.